The van der Waals surface area contributed by atoms with E-state index in [1.54, 1.807) is 0 Å². The Morgan fingerprint density at radius 1 is 1.31 bits per heavy atom. The number of aromatic nitrogens is 2. The smallest absolute Gasteiger partial charge is 0.151 e. The first-order chi connectivity index (χ1) is 7.72. The number of fused-ring (bicyclic) bond motifs is 2. The molecular formula is C11H15ClN4. The summed E-state index contributed by atoms with van der Waals surface area (Å²) in [4.78, 5) is 4.93. The van der Waals surface area contributed by atoms with E-state index < -0.39 is 0 Å². The van der Waals surface area contributed by atoms with Crippen molar-refractivity contribution >= 4 is 11.6 Å². The summed E-state index contributed by atoms with van der Waals surface area (Å²) in [6.07, 6.45) is 1.34. The normalized spacial score (nSPS) is 30.1. The van der Waals surface area contributed by atoms with Crippen LogP contribution in [0.15, 0.2) is 12.1 Å². The molecule has 3 aliphatic rings. The van der Waals surface area contributed by atoms with E-state index >= 15 is 0 Å². The predicted octanol–water partition coefficient (Wildman–Crippen LogP) is 1.02. The molecule has 0 spiro atoms. The maximum Gasteiger partial charge on any atom is 0.151 e. The van der Waals surface area contributed by atoms with Crippen LogP contribution in [0.4, 0.5) is 0 Å². The summed E-state index contributed by atoms with van der Waals surface area (Å²) < 4.78 is 0. The molecule has 0 aromatic carbocycles. The lowest BCUT2D eigenvalue weighted by atomic mass is 9.87. The Labute approximate surface area is 100 Å². The van der Waals surface area contributed by atoms with Gasteiger partial charge in [0.05, 0.1) is 5.69 Å². The predicted molar refractivity (Wildman–Crippen MR) is 62.3 cm³/mol. The number of likely N-dealkylation sites (N-methyl/N-ethyl adjacent to an activating group) is 1. The third kappa shape index (κ3) is 1.81. The number of piperazine rings is 1. The van der Waals surface area contributed by atoms with Crippen LogP contribution in [0.5, 0.6) is 0 Å². The minimum Gasteiger partial charge on any atom is -0.303 e. The summed E-state index contributed by atoms with van der Waals surface area (Å²) in [5, 5.41) is 8.45. The van der Waals surface area contributed by atoms with Crippen LogP contribution >= 0.6 is 11.6 Å². The van der Waals surface area contributed by atoms with Gasteiger partial charge in [0.2, 0.25) is 0 Å². The van der Waals surface area contributed by atoms with Gasteiger partial charge in [0.15, 0.2) is 5.15 Å². The van der Waals surface area contributed by atoms with Crippen molar-refractivity contribution in [3.05, 3.63) is 23.0 Å². The molecule has 0 radical (unpaired) electrons. The van der Waals surface area contributed by atoms with E-state index in [1.165, 1.54) is 19.5 Å². The van der Waals surface area contributed by atoms with Gasteiger partial charge in [-0.15, -0.1) is 5.10 Å². The molecule has 3 saturated heterocycles. The molecule has 2 unspecified atom stereocenters. The highest BCUT2D eigenvalue weighted by atomic mass is 35.5. The van der Waals surface area contributed by atoms with E-state index in [-0.39, 0.29) is 0 Å². The second kappa shape index (κ2) is 3.95. The summed E-state index contributed by atoms with van der Waals surface area (Å²) in [6, 6.07) is 5.20. The average Bonchev–Trinajstić information content (AvgIpc) is 2.28. The summed E-state index contributed by atoms with van der Waals surface area (Å²) >= 11 is 5.72. The Hall–Kier alpha value is -0.710. The van der Waals surface area contributed by atoms with Crippen LogP contribution in [0.3, 0.4) is 0 Å². The van der Waals surface area contributed by atoms with Crippen molar-refractivity contribution in [1.29, 1.82) is 0 Å². The summed E-state index contributed by atoms with van der Waals surface area (Å²) in [7, 11) is 2.19. The molecular weight excluding hydrogens is 224 g/mol. The topological polar surface area (TPSA) is 32.3 Å². The van der Waals surface area contributed by atoms with Crippen molar-refractivity contribution < 1.29 is 0 Å². The van der Waals surface area contributed by atoms with Crippen LogP contribution in [-0.4, -0.2) is 52.2 Å². The lowest BCUT2D eigenvalue weighted by molar-refractivity contribution is -0.0676. The highest BCUT2D eigenvalue weighted by Gasteiger charge is 2.43. The van der Waals surface area contributed by atoms with Crippen LogP contribution in [0.1, 0.15) is 12.1 Å². The van der Waals surface area contributed by atoms with Gasteiger partial charge in [0.25, 0.3) is 0 Å². The molecule has 3 aliphatic heterocycles. The largest absolute Gasteiger partial charge is 0.303 e. The highest BCUT2D eigenvalue weighted by molar-refractivity contribution is 6.29. The first kappa shape index (κ1) is 10.4. The molecule has 3 fully saturated rings. The van der Waals surface area contributed by atoms with E-state index in [0.29, 0.717) is 17.2 Å². The van der Waals surface area contributed by atoms with E-state index in [4.69, 9.17) is 11.6 Å². The van der Waals surface area contributed by atoms with E-state index in [2.05, 4.69) is 27.0 Å². The summed E-state index contributed by atoms with van der Waals surface area (Å²) in [5.41, 5.74) is 1.02. The number of nitrogens with zero attached hydrogens (tertiary/aromatic N) is 4. The van der Waals surface area contributed by atoms with Gasteiger partial charge >= 0.3 is 0 Å². The molecule has 5 heteroatoms. The fourth-order valence-electron chi connectivity index (χ4n) is 2.77. The first-order valence-electron chi connectivity index (χ1n) is 5.65. The van der Waals surface area contributed by atoms with Crippen molar-refractivity contribution in [2.24, 2.45) is 0 Å². The van der Waals surface area contributed by atoms with Crippen molar-refractivity contribution in [2.75, 3.05) is 20.1 Å². The van der Waals surface area contributed by atoms with E-state index in [1.807, 2.05) is 12.1 Å². The Morgan fingerprint density at radius 2 is 2.06 bits per heavy atom. The second-order valence-electron chi connectivity index (χ2n) is 4.78. The van der Waals surface area contributed by atoms with Crippen molar-refractivity contribution in [1.82, 2.24) is 20.0 Å². The van der Waals surface area contributed by atoms with Crippen LogP contribution in [0.25, 0.3) is 0 Å². The molecule has 86 valence electrons. The molecule has 1 aromatic rings. The number of rotatable bonds is 2. The second-order valence-corrected chi connectivity index (χ2v) is 5.17. The molecule has 4 nitrogen and oxygen atoms in total. The average molecular weight is 239 g/mol. The van der Waals surface area contributed by atoms with Gasteiger partial charge in [-0.3, -0.25) is 4.90 Å². The van der Waals surface area contributed by atoms with Crippen LogP contribution in [0, 0.1) is 0 Å². The summed E-state index contributed by atoms with van der Waals surface area (Å²) in [5.74, 6) is 0. The lowest BCUT2D eigenvalue weighted by Crippen LogP contribution is -2.67. The van der Waals surface area contributed by atoms with Gasteiger partial charge < -0.3 is 4.90 Å². The lowest BCUT2D eigenvalue weighted by Gasteiger charge is -2.55. The van der Waals surface area contributed by atoms with Crippen molar-refractivity contribution in [2.45, 2.75) is 25.0 Å². The van der Waals surface area contributed by atoms with Gasteiger partial charge in [-0.1, -0.05) is 11.6 Å². The molecule has 4 heterocycles. The number of halogens is 1. The molecule has 2 atom stereocenters. The number of hydrogen-bond donors (Lipinski definition) is 0. The van der Waals surface area contributed by atoms with Crippen LogP contribution < -0.4 is 0 Å². The number of piperidine rings is 1. The Balaban J connectivity index is 1.66. The molecule has 0 saturated carbocycles. The summed E-state index contributed by atoms with van der Waals surface area (Å²) in [6.45, 7) is 3.27. The SMILES string of the molecule is CN1CC2CC(C1)N2Cc1ccc(Cl)nn1. The molecule has 0 amide bonds. The molecule has 16 heavy (non-hydrogen) atoms. The zero-order valence-electron chi connectivity index (χ0n) is 9.30. The maximum absolute atomic E-state index is 5.72. The van der Waals surface area contributed by atoms with Gasteiger partial charge in [-0.05, 0) is 25.6 Å². The maximum atomic E-state index is 5.72. The third-order valence-corrected chi connectivity index (χ3v) is 3.76. The van der Waals surface area contributed by atoms with Crippen LogP contribution in [0.2, 0.25) is 5.15 Å². The minimum atomic E-state index is 0.465. The highest BCUT2D eigenvalue weighted by Crippen LogP contribution is 2.32. The monoisotopic (exact) mass is 238 g/mol. The van der Waals surface area contributed by atoms with E-state index in [0.717, 1.165) is 12.2 Å². The van der Waals surface area contributed by atoms with Crippen molar-refractivity contribution in [3.8, 4) is 0 Å². The Morgan fingerprint density at radius 3 is 2.69 bits per heavy atom. The van der Waals surface area contributed by atoms with Gasteiger partial charge in [-0.25, -0.2) is 0 Å². The number of hydrogen-bond acceptors (Lipinski definition) is 4. The Kier molecular flexibility index (Phi) is 2.58. The Bertz CT molecular complexity index is 368. The fourth-order valence-corrected chi connectivity index (χ4v) is 2.87. The molecule has 0 aliphatic carbocycles. The van der Waals surface area contributed by atoms with Crippen LogP contribution in [-0.2, 0) is 6.54 Å². The standard InChI is InChI=1S/C11H15ClN4/c1-15-6-9-4-10(7-15)16(9)5-8-2-3-11(12)14-13-8/h2-3,9-10H,4-7H2,1H3. The molecule has 4 rings (SSSR count). The van der Waals surface area contributed by atoms with Gasteiger partial charge in [0.1, 0.15) is 0 Å². The third-order valence-electron chi connectivity index (χ3n) is 3.56. The zero-order valence-corrected chi connectivity index (χ0v) is 10.1. The van der Waals surface area contributed by atoms with Crippen molar-refractivity contribution in [3.63, 3.8) is 0 Å². The van der Waals surface area contributed by atoms with Gasteiger partial charge in [-0.2, -0.15) is 5.10 Å². The van der Waals surface area contributed by atoms with E-state index in [9.17, 15) is 0 Å². The molecule has 1 aromatic heterocycles. The first-order valence-corrected chi connectivity index (χ1v) is 6.02. The molecule has 0 N–H and O–H groups in total. The van der Waals surface area contributed by atoms with Gasteiger partial charge in [0, 0.05) is 31.7 Å². The minimum absolute atomic E-state index is 0.465. The fraction of sp³-hybridized carbons (Fsp3) is 0.636. The molecule has 2 bridgehead atoms. The quantitative estimate of drug-likeness (QED) is 0.770. The zero-order chi connectivity index (χ0) is 11.1.